The summed E-state index contributed by atoms with van der Waals surface area (Å²) in [5.41, 5.74) is 1.96. The molecule has 0 aliphatic rings. The topological polar surface area (TPSA) is 130 Å². The molecule has 0 aliphatic carbocycles. The Morgan fingerprint density at radius 1 is 1.14 bits per heavy atom. The molecule has 10 nitrogen and oxygen atoms in total. The molecule has 2 rings (SSSR count). The Labute approximate surface area is 212 Å². The Bertz CT molecular complexity index is 1210. The predicted molar refractivity (Wildman–Crippen MR) is 139 cm³/mol. The molecule has 196 valence electrons. The summed E-state index contributed by atoms with van der Waals surface area (Å²) < 4.78 is 26.3. The Morgan fingerprint density at radius 2 is 1.83 bits per heavy atom. The van der Waals surface area contributed by atoms with Crippen LogP contribution in [0.3, 0.4) is 0 Å². The fourth-order valence-electron chi connectivity index (χ4n) is 3.70. The van der Waals surface area contributed by atoms with E-state index in [-0.39, 0.29) is 23.8 Å². The van der Waals surface area contributed by atoms with Gasteiger partial charge in [-0.2, -0.15) is 0 Å². The van der Waals surface area contributed by atoms with E-state index in [0.717, 1.165) is 40.6 Å². The third-order valence-electron chi connectivity index (χ3n) is 5.78. The fourth-order valence-corrected chi connectivity index (χ4v) is 4.60. The molecule has 0 heterocycles. The highest BCUT2D eigenvalue weighted by Gasteiger charge is 2.31. The number of carbonyl (C=O) groups is 2. The Kier molecular flexibility index (Phi) is 9.97. The van der Waals surface area contributed by atoms with Gasteiger partial charge in [0.25, 0.3) is 5.69 Å². The number of rotatable bonds is 12. The summed E-state index contributed by atoms with van der Waals surface area (Å²) in [6.07, 6.45) is 2.62. The van der Waals surface area contributed by atoms with Gasteiger partial charge in [0.2, 0.25) is 21.8 Å². The van der Waals surface area contributed by atoms with Crippen LogP contribution in [0.2, 0.25) is 0 Å². The maximum Gasteiger partial charge on any atom is 0.271 e. The molecule has 0 aromatic heterocycles. The number of hydrogen-bond acceptors (Lipinski definition) is 6. The number of anilines is 1. The van der Waals surface area contributed by atoms with E-state index >= 15 is 0 Å². The number of nitro groups is 1. The van der Waals surface area contributed by atoms with E-state index in [0.29, 0.717) is 12.1 Å². The molecule has 1 N–H and O–H groups in total. The smallest absolute Gasteiger partial charge is 0.271 e. The van der Waals surface area contributed by atoms with Crippen molar-refractivity contribution >= 4 is 33.2 Å². The van der Waals surface area contributed by atoms with Crippen molar-refractivity contribution in [3.8, 4) is 0 Å². The number of nitro benzene ring substituents is 1. The maximum atomic E-state index is 13.6. The number of non-ortho nitro benzene ring substituents is 1. The van der Waals surface area contributed by atoms with Crippen molar-refractivity contribution in [3.63, 3.8) is 0 Å². The fraction of sp³-hybridized carbons (Fsp3) is 0.440. The second-order valence-electron chi connectivity index (χ2n) is 8.83. The van der Waals surface area contributed by atoms with E-state index in [9.17, 15) is 28.1 Å². The average molecular weight is 519 g/mol. The monoisotopic (exact) mass is 518 g/mol. The Morgan fingerprint density at radius 3 is 2.42 bits per heavy atom. The van der Waals surface area contributed by atoms with E-state index < -0.39 is 33.4 Å². The minimum Gasteiger partial charge on any atom is -0.354 e. The second-order valence-corrected chi connectivity index (χ2v) is 10.7. The van der Waals surface area contributed by atoms with Gasteiger partial charge in [-0.3, -0.25) is 24.0 Å². The SMILES string of the molecule is CCCCNC(=O)C(C)N(Cc1cccc(C)c1)C(=O)CN(c1cc([N+](=O)[O-])ccc1C)S(C)(=O)=O. The molecule has 1 unspecified atom stereocenters. The molecule has 0 saturated heterocycles. The van der Waals surface area contributed by atoms with Gasteiger partial charge in [0.1, 0.15) is 12.6 Å². The van der Waals surface area contributed by atoms with Gasteiger partial charge in [0.15, 0.2) is 0 Å². The van der Waals surface area contributed by atoms with E-state index in [2.05, 4.69) is 5.32 Å². The molecule has 0 bridgehead atoms. The standard InChI is InChI=1S/C25H34N4O6S/c1-6-7-13-26-25(31)20(4)27(16-21-10-8-9-18(2)14-21)24(30)17-28(36(5,34)35)23-15-22(29(32)33)12-11-19(23)3/h8-12,14-15,20H,6-7,13,16-17H2,1-5H3,(H,26,31). The average Bonchev–Trinajstić information content (AvgIpc) is 2.80. The molecule has 2 aromatic rings. The highest BCUT2D eigenvalue weighted by atomic mass is 32.2. The van der Waals surface area contributed by atoms with Crippen molar-refractivity contribution in [1.29, 1.82) is 0 Å². The van der Waals surface area contributed by atoms with Crippen LogP contribution >= 0.6 is 0 Å². The zero-order chi connectivity index (χ0) is 27.0. The van der Waals surface area contributed by atoms with E-state index in [1.54, 1.807) is 13.8 Å². The molecule has 0 spiro atoms. The highest BCUT2D eigenvalue weighted by molar-refractivity contribution is 7.92. The third kappa shape index (κ3) is 7.77. The zero-order valence-corrected chi connectivity index (χ0v) is 22.2. The maximum absolute atomic E-state index is 13.6. The summed E-state index contributed by atoms with van der Waals surface area (Å²) in [5.74, 6) is -0.951. The molecule has 0 saturated carbocycles. The van der Waals surface area contributed by atoms with Crippen LogP contribution in [0.5, 0.6) is 0 Å². The first kappa shape index (κ1) is 28.8. The van der Waals surface area contributed by atoms with Gasteiger partial charge in [0.05, 0.1) is 16.9 Å². The molecule has 36 heavy (non-hydrogen) atoms. The summed E-state index contributed by atoms with van der Waals surface area (Å²) in [5, 5.41) is 14.1. The summed E-state index contributed by atoms with van der Waals surface area (Å²) >= 11 is 0. The van der Waals surface area contributed by atoms with E-state index in [1.165, 1.54) is 17.0 Å². The van der Waals surface area contributed by atoms with Crippen molar-refractivity contribution < 1.29 is 22.9 Å². The van der Waals surface area contributed by atoms with Crippen LogP contribution in [0.15, 0.2) is 42.5 Å². The van der Waals surface area contributed by atoms with Crippen LogP contribution in [-0.2, 0) is 26.2 Å². The second kappa shape index (κ2) is 12.5. The number of amides is 2. The van der Waals surface area contributed by atoms with Gasteiger partial charge >= 0.3 is 0 Å². The first-order valence-corrected chi connectivity index (χ1v) is 13.6. The lowest BCUT2D eigenvalue weighted by Crippen LogP contribution is -2.51. The van der Waals surface area contributed by atoms with Crippen LogP contribution in [0, 0.1) is 24.0 Å². The van der Waals surface area contributed by atoms with Crippen molar-refractivity contribution in [3.05, 3.63) is 69.3 Å². The molecule has 11 heteroatoms. The van der Waals surface area contributed by atoms with Crippen LogP contribution in [0.4, 0.5) is 11.4 Å². The normalized spacial score (nSPS) is 12.0. The van der Waals surface area contributed by atoms with E-state index in [4.69, 9.17) is 0 Å². The molecule has 2 amide bonds. The Balaban J connectivity index is 2.44. The minimum absolute atomic E-state index is 0.0376. The van der Waals surface area contributed by atoms with Crippen LogP contribution < -0.4 is 9.62 Å². The molecular weight excluding hydrogens is 484 g/mol. The van der Waals surface area contributed by atoms with Gasteiger partial charge < -0.3 is 10.2 Å². The number of hydrogen-bond donors (Lipinski definition) is 1. The lowest BCUT2D eigenvalue weighted by Gasteiger charge is -2.32. The number of benzene rings is 2. The van der Waals surface area contributed by atoms with Crippen molar-refractivity contribution in [2.24, 2.45) is 0 Å². The zero-order valence-electron chi connectivity index (χ0n) is 21.4. The number of carbonyl (C=O) groups excluding carboxylic acids is 2. The number of nitrogens with one attached hydrogen (secondary N) is 1. The molecule has 0 aliphatic heterocycles. The lowest BCUT2D eigenvalue weighted by molar-refractivity contribution is -0.384. The minimum atomic E-state index is -3.99. The van der Waals surface area contributed by atoms with Crippen LogP contribution in [0.1, 0.15) is 43.4 Å². The molecular formula is C25H34N4O6S. The number of sulfonamides is 1. The largest absolute Gasteiger partial charge is 0.354 e. The summed E-state index contributed by atoms with van der Waals surface area (Å²) in [7, 11) is -3.99. The molecule has 0 radical (unpaired) electrons. The number of unbranched alkanes of at least 4 members (excludes halogenated alkanes) is 1. The lowest BCUT2D eigenvalue weighted by atomic mass is 10.1. The summed E-state index contributed by atoms with van der Waals surface area (Å²) in [6, 6.07) is 10.4. The van der Waals surface area contributed by atoms with Gasteiger partial charge in [-0.15, -0.1) is 0 Å². The quantitative estimate of drug-likeness (QED) is 0.261. The van der Waals surface area contributed by atoms with Crippen molar-refractivity contribution in [1.82, 2.24) is 10.2 Å². The predicted octanol–water partition coefficient (Wildman–Crippen LogP) is 3.31. The summed E-state index contributed by atoms with van der Waals surface area (Å²) in [6.45, 7) is 7.06. The first-order valence-electron chi connectivity index (χ1n) is 11.7. The van der Waals surface area contributed by atoms with Crippen LogP contribution in [-0.4, -0.2) is 55.4 Å². The number of aryl methyl sites for hydroxylation is 2. The third-order valence-corrected chi connectivity index (χ3v) is 6.91. The van der Waals surface area contributed by atoms with Crippen molar-refractivity contribution in [2.75, 3.05) is 23.7 Å². The summed E-state index contributed by atoms with van der Waals surface area (Å²) in [4.78, 5) is 38.4. The Hall–Kier alpha value is -3.47. The highest BCUT2D eigenvalue weighted by Crippen LogP contribution is 2.28. The first-order chi connectivity index (χ1) is 16.8. The number of nitrogens with zero attached hydrogens (tertiary/aromatic N) is 3. The molecule has 0 fully saturated rings. The van der Waals surface area contributed by atoms with Crippen LogP contribution in [0.25, 0.3) is 0 Å². The van der Waals surface area contributed by atoms with Crippen molar-refractivity contribution in [2.45, 2.75) is 53.1 Å². The van der Waals surface area contributed by atoms with Gasteiger partial charge in [-0.1, -0.05) is 49.2 Å². The van der Waals surface area contributed by atoms with Gasteiger partial charge in [-0.25, -0.2) is 8.42 Å². The molecule has 1 atom stereocenters. The van der Waals surface area contributed by atoms with Gasteiger partial charge in [0, 0.05) is 25.2 Å². The van der Waals surface area contributed by atoms with Gasteiger partial charge in [-0.05, 0) is 38.3 Å². The van der Waals surface area contributed by atoms with E-state index in [1.807, 2.05) is 38.1 Å². The molecule has 2 aromatic carbocycles.